The predicted octanol–water partition coefficient (Wildman–Crippen LogP) is 2.52. The SMILES string of the molecule is CCOC(=O)c1cnc(N(CC)CC)nc1C(F)(F)F. The van der Waals surface area contributed by atoms with E-state index in [1.165, 1.54) is 6.92 Å². The van der Waals surface area contributed by atoms with Crippen LogP contribution >= 0.6 is 0 Å². The van der Waals surface area contributed by atoms with Crippen LogP contribution in [0.25, 0.3) is 0 Å². The van der Waals surface area contributed by atoms with Crippen molar-refractivity contribution in [3.8, 4) is 0 Å². The van der Waals surface area contributed by atoms with Crippen molar-refractivity contribution >= 4 is 11.9 Å². The van der Waals surface area contributed by atoms with Gasteiger partial charge in [0.15, 0.2) is 5.69 Å². The molecule has 5 nitrogen and oxygen atoms in total. The predicted molar refractivity (Wildman–Crippen MR) is 66.6 cm³/mol. The fraction of sp³-hybridized carbons (Fsp3) is 0.583. The topological polar surface area (TPSA) is 55.3 Å². The maximum absolute atomic E-state index is 13.0. The molecule has 20 heavy (non-hydrogen) atoms. The summed E-state index contributed by atoms with van der Waals surface area (Å²) in [6, 6.07) is 0. The minimum Gasteiger partial charge on any atom is -0.462 e. The van der Waals surface area contributed by atoms with Crippen LogP contribution in [-0.2, 0) is 10.9 Å². The molecule has 0 unspecified atom stereocenters. The second-order valence-electron chi connectivity index (χ2n) is 3.82. The van der Waals surface area contributed by atoms with Gasteiger partial charge in [-0.1, -0.05) is 0 Å². The fourth-order valence-corrected chi connectivity index (χ4v) is 1.61. The zero-order valence-corrected chi connectivity index (χ0v) is 11.5. The summed E-state index contributed by atoms with van der Waals surface area (Å²) >= 11 is 0. The molecular formula is C12H16F3N3O2. The summed E-state index contributed by atoms with van der Waals surface area (Å²) < 4.78 is 43.5. The molecule has 0 amide bonds. The maximum atomic E-state index is 13.0. The lowest BCUT2D eigenvalue weighted by atomic mass is 10.2. The Hall–Kier alpha value is -1.86. The van der Waals surface area contributed by atoms with Crippen LogP contribution in [0.1, 0.15) is 36.8 Å². The van der Waals surface area contributed by atoms with E-state index in [9.17, 15) is 18.0 Å². The molecule has 0 aliphatic rings. The van der Waals surface area contributed by atoms with Crippen molar-refractivity contribution < 1.29 is 22.7 Å². The molecule has 1 aromatic heterocycles. The minimum absolute atomic E-state index is 0.0199. The van der Waals surface area contributed by atoms with Crippen LogP contribution in [0, 0.1) is 0 Å². The van der Waals surface area contributed by atoms with Gasteiger partial charge >= 0.3 is 12.1 Å². The standard InChI is InChI=1S/C12H16F3N3O2/c1-4-18(5-2)11-16-7-8(10(19)20-6-3)9(17-11)12(13,14)15/h7H,4-6H2,1-3H3. The van der Waals surface area contributed by atoms with Crippen LogP contribution in [-0.4, -0.2) is 35.6 Å². The molecule has 1 rings (SSSR count). The number of anilines is 1. The molecule has 0 radical (unpaired) electrons. The highest BCUT2D eigenvalue weighted by Crippen LogP contribution is 2.31. The number of rotatable bonds is 5. The van der Waals surface area contributed by atoms with E-state index in [1.807, 2.05) is 0 Å². The first-order chi connectivity index (χ1) is 9.35. The molecule has 0 bridgehead atoms. The van der Waals surface area contributed by atoms with Crippen LogP contribution in [0.5, 0.6) is 0 Å². The molecule has 112 valence electrons. The monoisotopic (exact) mass is 291 g/mol. The normalized spacial score (nSPS) is 11.3. The summed E-state index contributed by atoms with van der Waals surface area (Å²) in [4.78, 5) is 20.4. The second kappa shape index (κ2) is 6.53. The first-order valence-electron chi connectivity index (χ1n) is 6.21. The van der Waals surface area contributed by atoms with Crippen LogP contribution in [0.3, 0.4) is 0 Å². The van der Waals surface area contributed by atoms with Crippen LogP contribution in [0.4, 0.5) is 19.1 Å². The van der Waals surface area contributed by atoms with Gasteiger partial charge in [0, 0.05) is 19.3 Å². The molecule has 0 atom stereocenters. The van der Waals surface area contributed by atoms with Gasteiger partial charge < -0.3 is 9.64 Å². The summed E-state index contributed by atoms with van der Waals surface area (Å²) in [5, 5.41) is 0. The Labute approximate surface area is 114 Å². The Morgan fingerprint density at radius 1 is 1.30 bits per heavy atom. The number of hydrogen-bond acceptors (Lipinski definition) is 5. The van der Waals surface area contributed by atoms with E-state index in [0.717, 1.165) is 6.20 Å². The van der Waals surface area contributed by atoms with Gasteiger partial charge in [0.05, 0.1) is 6.61 Å². The van der Waals surface area contributed by atoms with Crippen molar-refractivity contribution in [2.24, 2.45) is 0 Å². The van der Waals surface area contributed by atoms with Crippen molar-refractivity contribution in [3.63, 3.8) is 0 Å². The second-order valence-corrected chi connectivity index (χ2v) is 3.82. The van der Waals surface area contributed by atoms with Crippen molar-refractivity contribution in [2.45, 2.75) is 26.9 Å². The first kappa shape index (κ1) is 16.2. The first-order valence-corrected chi connectivity index (χ1v) is 6.21. The van der Waals surface area contributed by atoms with Gasteiger partial charge in [-0.15, -0.1) is 0 Å². The van der Waals surface area contributed by atoms with E-state index in [4.69, 9.17) is 0 Å². The van der Waals surface area contributed by atoms with Gasteiger partial charge in [0.2, 0.25) is 5.95 Å². The van der Waals surface area contributed by atoms with Crippen LogP contribution in [0.15, 0.2) is 6.20 Å². The lowest BCUT2D eigenvalue weighted by Gasteiger charge is -2.20. The van der Waals surface area contributed by atoms with E-state index in [0.29, 0.717) is 13.1 Å². The van der Waals surface area contributed by atoms with Gasteiger partial charge in [-0.25, -0.2) is 14.8 Å². The molecule has 0 fully saturated rings. The smallest absolute Gasteiger partial charge is 0.434 e. The number of carbonyl (C=O) groups excluding carboxylic acids is 1. The average molecular weight is 291 g/mol. The van der Waals surface area contributed by atoms with Crippen LogP contribution in [0.2, 0.25) is 0 Å². The summed E-state index contributed by atoms with van der Waals surface area (Å²) in [6.07, 6.45) is -3.88. The average Bonchev–Trinajstić information content (AvgIpc) is 2.39. The van der Waals surface area contributed by atoms with E-state index in [-0.39, 0.29) is 12.6 Å². The highest BCUT2D eigenvalue weighted by Gasteiger charge is 2.38. The molecule has 1 heterocycles. The molecule has 0 saturated heterocycles. The third-order valence-corrected chi connectivity index (χ3v) is 2.59. The summed E-state index contributed by atoms with van der Waals surface area (Å²) in [6.45, 7) is 5.97. The van der Waals surface area contributed by atoms with Gasteiger partial charge in [0.1, 0.15) is 5.56 Å². The molecule has 0 saturated carbocycles. The molecule has 0 aliphatic heterocycles. The number of hydrogen-bond donors (Lipinski definition) is 0. The Morgan fingerprint density at radius 2 is 1.90 bits per heavy atom. The van der Waals surface area contributed by atoms with Gasteiger partial charge in [-0.05, 0) is 20.8 Å². The minimum atomic E-state index is -4.74. The van der Waals surface area contributed by atoms with E-state index in [1.54, 1.807) is 18.7 Å². The lowest BCUT2D eigenvalue weighted by Crippen LogP contribution is -2.27. The van der Waals surface area contributed by atoms with E-state index >= 15 is 0 Å². The number of ether oxygens (including phenoxy) is 1. The van der Waals surface area contributed by atoms with Crippen molar-refractivity contribution in [2.75, 3.05) is 24.6 Å². The number of carbonyl (C=O) groups is 1. The molecule has 8 heteroatoms. The quantitative estimate of drug-likeness (QED) is 0.780. The molecule has 1 aromatic rings. The maximum Gasteiger partial charge on any atom is 0.434 e. The Balaban J connectivity index is 3.30. The van der Waals surface area contributed by atoms with Crippen molar-refractivity contribution in [1.29, 1.82) is 0 Å². The molecule has 0 N–H and O–H groups in total. The van der Waals surface area contributed by atoms with Gasteiger partial charge in [-0.3, -0.25) is 0 Å². The summed E-state index contributed by atoms with van der Waals surface area (Å²) in [5.41, 5.74) is -1.94. The van der Waals surface area contributed by atoms with Gasteiger partial charge in [0.25, 0.3) is 0 Å². The summed E-state index contributed by atoms with van der Waals surface area (Å²) in [7, 11) is 0. The lowest BCUT2D eigenvalue weighted by molar-refractivity contribution is -0.141. The van der Waals surface area contributed by atoms with Crippen molar-refractivity contribution in [1.82, 2.24) is 9.97 Å². The Bertz CT molecular complexity index is 474. The highest BCUT2D eigenvalue weighted by molar-refractivity contribution is 5.90. The zero-order chi connectivity index (χ0) is 15.3. The number of nitrogens with zero attached hydrogens (tertiary/aromatic N) is 3. The fourth-order valence-electron chi connectivity index (χ4n) is 1.61. The molecular weight excluding hydrogens is 275 g/mol. The number of aromatic nitrogens is 2. The number of esters is 1. The van der Waals surface area contributed by atoms with Gasteiger partial charge in [-0.2, -0.15) is 13.2 Å². The summed E-state index contributed by atoms with van der Waals surface area (Å²) in [5.74, 6) is -1.14. The van der Waals surface area contributed by atoms with E-state index < -0.39 is 23.4 Å². The third-order valence-electron chi connectivity index (χ3n) is 2.59. The third kappa shape index (κ3) is 3.58. The number of halogens is 3. The number of alkyl halides is 3. The van der Waals surface area contributed by atoms with E-state index in [2.05, 4.69) is 14.7 Å². The Morgan fingerprint density at radius 3 is 2.35 bits per heavy atom. The molecule has 0 spiro atoms. The van der Waals surface area contributed by atoms with Crippen LogP contribution < -0.4 is 4.90 Å². The Kier molecular flexibility index (Phi) is 5.29. The largest absolute Gasteiger partial charge is 0.462 e. The van der Waals surface area contributed by atoms with Crippen molar-refractivity contribution in [3.05, 3.63) is 17.5 Å². The zero-order valence-electron chi connectivity index (χ0n) is 11.5. The highest BCUT2D eigenvalue weighted by atomic mass is 19.4. The molecule has 0 aromatic carbocycles. The molecule has 0 aliphatic carbocycles.